The van der Waals surface area contributed by atoms with Crippen LogP contribution in [0.15, 0.2) is 12.1 Å². The van der Waals surface area contributed by atoms with Crippen LogP contribution in [-0.2, 0) is 17.8 Å². The second-order valence-corrected chi connectivity index (χ2v) is 5.71. The molecule has 1 N–H and O–H groups in total. The Balaban J connectivity index is 0.00000288. The van der Waals surface area contributed by atoms with E-state index in [1.807, 2.05) is 31.9 Å². The molecule has 136 valence electrons. The summed E-state index contributed by atoms with van der Waals surface area (Å²) in [5.74, 6) is 1.82. The Morgan fingerprint density at radius 2 is 1.79 bits per heavy atom. The van der Waals surface area contributed by atoms with Crippen LogP contribution in [0.2, 0.25) is 0 Å². The van der Waals surface area contributed by atoms with Crippen molar-refractivity contribution in [2.75, 3.05) is 33.4 Å². The first kappa shape index (κ1) is 20.6. The summed E-state index contributed by atoms with van der Waals surface area (Å²) in [7, 11) is 1.91. The van der Waals surface area contributed by atoms with Crippen molar-refractivity contribution in [3.8, 4) is 11.5 Å². The number of carbonyl (C=O) groups is 1. The maximum atomic E-state index is 12.3. The van der Waals surface area contributed by atoms with Crippen molar-refractivity contribution < 1.29 is 14.3 Å². The van der Waals surface area contributed by atoms with Crippen LogP contribution in [0.1, 0.15) is 37.8 Å². The fourth-order valence-corrected chi connectivity index (χ4v) is 2.89. The minimum atomic E-state index is 0. The zero-order valence-corrected chi connectivity index (χ0v) is 15.7. The number of fused-ring (bicyclic) bond motifs is 1. The van der Waals surface area contributed by atoms with Crippen LogP contribution < -0.4 is 14.8 Å². The van der Waals surface area contributed by atoms with Gasteiger partial charge in [0.1, 0.15) is 0 Å². The first-order valence-electron chi connectivity index (χ1n) is 8.53. The highest BCUT2D eigenvalue weighted by Crippen LogP contribution is 2.34. The van der Waals surface area contributed by atoms with Crippen LogP contribution in [0.4, 0.5) is 0 Å². The number of nitrogens with one attached hydrogen (secondary N) is 1. The summed E-state index contributed by atoms with van der Waals surface area (Å²) in [5.41, 5.74) is 2.43. The lowest BCUT2D eigenvalue weighted by atomic mass is 9.98. The van der Waals surface area contributed by atoms with Gasteiger partial charge in [-0.1, -0.05) is 0 Å². The molecule has 0 radical (unpaired) electrons. The molecule has 1 amide bonds. The Morgan fingerprint density at radius 3 is 2.38 bits per heavy atom. The number of hydrogen-bond donors (Lipinski definition) is 1. The zero-order valence-electron chi connectivity index (χ0n) is 14.9. The molecular formula is C18H29ClN2O3. The summed E-state index contributed by atoms with van der Waals surface area (Å²) in [5, 5.41) is 3.08. The van der Waals surface area contributed by atoms with Crippen molar-refractivity contribution in [1.29, 1.82) is 0 Å². The lowest BCUT2D eigenvalue weighted by Crippen LogP contribution is -2.36. The van der Waals surface area contributed by atoms with Crippen LogP contribution in [0, 0.1) is 0 Å². The monoisotopic (exact) mass is 356 g/mol. The van der Waals surface area contributed by atoms with E-state index >= 15 is 0 Å². The Labute approximate surface area is 151 Å². The van der Waals surface area contributed by atoms with E-state index in [4.69, 9.17) is 9.47 Å². The molecule has 6 heteroatoms. The van der Waals surface area contributed by atoms with Gasteiger partial charge in [0.25, 0.3) is 0 Å². The van der Waals surface area contributed by atoms with Gasteiger partial charge in [0, 0.05) is 19.5 Å². The van der Waals surface area contributed by atoms with Crippen LogP contribution in [0.3, 0.4) is 0 Å². The number of amides is 1. The van der Waals surface area contributed by atoms with Crippen LogP contribution >= 0.6 is 12.4 Å². The fraction of sp³-hybridized carbons (Fsp3) is 0.611. The molecule has 0 aliphatic carbocycles. The van der Waals surface area contributed by atoms with Crippen molar-refractivity contribution in [2.45, 2.75) is 39.7 Å². The molecule has 1 aliphatic heterocycles. The van der Waals surface area contributed by atoms with E-state index < -0.39 is 0 Å². The molecule has 1 aliphatic rings. The number of carbonyl (C=O) groups excluding carboxylic acids is 1. The van der Waals surface area contributed by atoms with E-state index in [1.54, 1.807) is 0 Å². The first-order chi connectivity index (χ1) is 11.2. The molecule has 0 fully saturated rings. The van der Waals surface area contributed by atoms with E-state index in [2.05, 4.69) is 11.4 Å². The Hall–Kier alpha value is -1.46. The number of benzene rings is 1. The molecule has 0 atom stereocenters. The Kier molecular flexibility index (Phi) is 8.93. The molecule has 1 aromatic rings. The maximum absolute atomic E-state index is 12.3. The molecule has 0 unspecified atom stereocenters. The van der Waals surface area contributed by atoms with Gasteiger partial charge < -0.3 is 19.7 Å². The topological polar surface area (TPSA) is 50.8 Å². The highest BCUT2D eigenvalue weighted by Gasteiger charge is 2.22. The summed E-state index contributed by atoms with van der Waals surface area (Å²) in [6.45, 7) is 7.49. The first-order valence-corrected chi connectivity index (χ1v) is 8.53. The van der Waals surface area contributed by atoms with E-state index in [0.717, 1.165) is 37.4 Å². The smallest absolute Gasteiger partial charge is 0.222 e. The average molecular weight is 357 g/mol. The molecule has 0 aromatic heterocycles. The zero-order chi connectivity index (χ0) is 16.7. The molecule has 0 saturated heterocycles. The molecule has 5 nitrogen and oxygen atoms in total. The largest absolute Gasteiger partial charge is 0.490 e. The fourth-order valence-electron chi connectivity index (χ4n) is 2.89. The maximum Gasteiger partial charge on any atom is 0.222 e. The molecular weight excluding hydrogens is 328 g/mol. The number of ether oxygens (including phenoxy) is 2. The van der Waals surface area contributed by atoms with Gasteiger partial charge >= 0.3 is 0 Å². The predicted molar refractivity (Wildman–Crippen MR) is 98.3 cm³/mol. The van der Waals surface area contributed by atoms with Crippen molar-refractivity contribution in [1.82, 2.24) is 10.2 Å². The molecule has 0 spiro atoms. The van der Waals surface area contributed by atoms with Crippen molar-refractivity contribution in [3.05, 3.63) is 23.3 Å². The molecule has 0 bridgehead atoms. The molecule has 2 rings (SSSR count). The standard InChI is InChI=1S/C18H28N2O3.ClH/c1-4-22-16-11-14-8-10-20(18(21)7-6-9-19-3)13-15(14)12-17(16)23-5-2;/h11-12,19H,4-10,13H2,1-3H3;1H. The normalized spacial score (nSPS) is 13.0. The van der Waals surface area contributed by atoms with Crippen molar-refractivity contribution >= 4 is 18.3 Å². The Morgan fingerprint density at radius 1 is 1.17 bits per heavy atom. The number of hydrogen-bond acceptors (Lipinski definition) is 4. The summed E-state index contributed by atoms with van der Waals surface area (Å²) < 4.78 is 11.4. The summed E-state index contributed by atoms with van der Waals surface area (Å²) in [4.78, 5) is 14.3. The van der Waals surface area contributed by atoms with E-state index in [0.29, 0.717) is 26.2 Å². The summed E-state index contributed by atoms with van der Waals surface area (Å²) >= 11 is 0. The van der Waals surface area contributed by atoms with Gasteiger partial charge in [0.15, 0.2) is 11.5 Å². The van der Waals surface area contributed by atoms with E-state index in [9.17, 15) is 4.79 Å². The third-order valence-corrected chi connectivity index (χ3v) is 4.05. The Bertz CT molecular complexity index is 537. The third kappa shape index (κ3) is 5.28. The molecule has 1 heterocycles. The van der Waals surface area contributed by atoms with Crippen molar-refractivity contribution in [2.24, 2.45) is 0 Å². The molecule has 1 aromatic carbocycles. The number of halogens is 1. The average Bonchev–Trinajstić information content (AvgIpc) is 2.55. The summed E-state index contributed by atoms with van der Waals surface area (Å²) in [6.07, 6.45) is 2.36. The second-order valence-electron chi connectivity index (χ2n) is 5.71. The van der Waals surface area contributed by atoms with E-state index in [-0.39, 0.29) is 18.3 Å². The second kappa shape index (κ2) is 10.4. The molecule has 0 saturated carbocycles. The van der Waals surface area contributed by atoms with Gasteiger partial charge in [-0.3, -0.25) is 4.79 Å². The number of rotatable bonds is 8. The van der Waals surface area contributed by atoms with Gasteiger partial charge in [-0.25, -0.2) is 0 Å². The lowest BCUT2D eigenvalue weighted by Gasteiger charge is -2.30. The third-order valence-electron chi connectivity index (χ3n) is 4.05. The van der Waals surface area contributed by atoms with Gasteiger partial charge in [0.05, 0.1) is 13.2 Å². The summed E-state index contributed by atoms with van der Waals surface area (Å²) in [6, 6.07) is 4.11. The van der Waals surface area contributed by atoms with Crippen LogP contribution in [-0.4, -0.2) is 44.2 Å². The van der Waals surface area contributed by atoms with Gasteiger partial charge in [-0.2, -0.15) is 0 Å². The molecule has 24 heavy (non-hydrogen) atoms. The quantitative estimate of drug-likeness (QED) is 0.728. The minimum Gasteiger partial charge on any atom is -0.490 e. The SMILES string of the molecule is CCOc1cc2c(cc1OCC)CN(C(=O)CCCNC)CC2.Cl. The van der Waals surface area contributed by atoms with Gasteiger partial charge in [0.2, 0.25) is 5.91 Å². The van der Waals surface area contributed by atoms with Gasteiger partial charge in [-0.05, 0) is 63.5 Å². The lowest BCUT2D eigenvalue weighted by molar-refractivity contribution is -0.132. The number of nitrogens with zero attached hydrogens (tertiary/aromatic N) is 1. The van der Waals surface area contributed by atoms with E-state index in [1.165, 1.54) is 11.1 Å². The predicted octanol–water partition coefficient (Wildman–Crippen LogP) is 2.79. The van der Waals surface area contributed by atoms with Crippen molar-refractivity contribution in [3.63, 3.8) is 0 Å². The highest BCUT2D eigenvalue weighted by atomic mass is 35.5. The van der Waals surface area contributed by atoms with Crippen LogP contribution in [0.5, 0.6) is 11.5 Å². The highest BCUT2D eigenvalue weighted by molar-refractivity contribution is 5.85. The van der Waals surface area contributed by atoms with Gasteiger partial charge in [-0.15, -0.1) is 12.4 Å². The minimum absolute atomic E-state index is 0. The van der Waals surface area contributed by atoms with Crippen LogP contribution in [0.25, 0.3) is 0 Å².